The van der Waals surface area contributed by atoms with Gasteiger partial charge in [0.15, 0.2) is 0 Å². The van der Waals surface area contributed by atoms with Crippen LogP contribution >= 0.6 is 8.38 Å². The molecule has 0 radical (unpaired) electrons. The van der Waals surface area contributed by atoms with E-state index in [0.717, 1.165) is 30.8 Å². The molecule has 1 aliphatic rings. The highest BCUT2D eigenvalue weighted by molar-refractivity contribution is 7.49. The number of hydrogen-bond donors (Lipinski definition) is 0. The van der Waals surface area contributed by atoms with Crippen LogP contribution in [0.3, 0.4) is 0 Å². The predicted octanol–water partition coefficient (Wildman–Crippen LogP) is 5.57. The largest absolute Gasteiger partial charge is 0.438 e. The second-order valence-corrected chi connectivity index (χ2v) is 6.70. The lowest BCUT2D eigenvalue weighted by molar-refractivity contribution is 0.465. The van der Waals surface area contributed by atoms with Crippen LogP contribution in [0.2, 0.25) is 0 Å². The van der Waals surface area contributed by atoms with Crippen LogP contribution in [0.15, 0.2) is 72.8 Å². The first-order valence-corrected chi connectivity index (χ1v) is 8.57. The molecule has 3 rings (SSSR count). The number of hydrogen-bond acceptors (Lipinski definition) is 2. The van der Waals surface area contributed by atoms with Gasteiger partial charge in [0.1, 0.15) is 11.5 Å². The summed E-state index contributed by atoms with van der Waals surface area (Å²) in [7, 11) is -0.983. The minimum absolute atomic E-state index is 0.449. The van der Waals surface area contributed by atoms with Gasteiger partial charge in [-0.1, -0.05) is 48.6 Å². The summed E-state index contributed by atoms with van der Waals surface area (Å²) in [5.74, 6) is 1.77. The molecule has 0 saturated heterocycles. The molecule has 0 aromatic heterocycles. The van der Waals surface area contributed by atoms with Crippen molar-refractivity contribution in [1.82, 2.24) is 0 Å². The van der Waals surface area contributed by atoms with Gasteiger partial charge in [-0.25, -0.2) is 0 Å². The van der Waals surface area contributed by atoms with Crippen LogP contribution in [0.25, 0.3) is 0 Å². The minimum atomic E-state index is -0.983. The Balaban J connectivity index is 1.75. The SMILES string of the molecule is C1=CCC(P(Oc2ccccc2)Oc2ccccc2)CC1. The lowest BCUT2D eigenvalue weighted by Gasteiger charge is -2.27. The quantitative estimate of drug-likeness (QED) is 0.531. The number of allylic oxidation sites excluding steroid dienone is 2. The molecule has 0 amide bonds. The molecule has 0 aliphatic heterocycles. The first-order chi connectivity index (χ1) is 10.4. The minimum Gasteiger partial charge on any atom is -0.438 e. The van der Waals surface area contributed by atoms with Crippen molar-refractivity contribution in [3.8, 4) is 11.5 Å². The van der Waals surface area contributed by atoms with Gasteiger partial charge in [-0.2, -0.15) is 0 Å². The van der Waals surface area contributed by atoms with E-state index in [-0.39, 0.29) is 0 Å². The molecule has 0 fully saturated rings. The zero-order valence-electron chi connectivity index (χ0n) is 11.9. The Hall–Kier alpha value is -1.79. The normalized spacial score (nSPS) is 17.7. The molecule has 0 spiro atoms. The Bertz CT molecular complexity index is 527. The molecule has 0 heterocycles. The highest BCUT2D eigenvalue weighted by Crippen LogP contribution is 2.48. The smallest absolute Gasteiger partial charge is 0.294 e. The summed E-state index contributed by atoms with van der Waals surface area (Å²) in [6.07, 6.45) is 7.76. The van der Waals surface area contributed by atoms with Crippen molar-refractivity contribution in [2.24, 2.45) is 0 Å². The van der Waals surface area contributed by atoms with Crippen molar-refractivity contribution < 1.29 is 9.05 Å². The fourth-order valence-electron chi connectivity index (χ4n) is 2.31. The van der Waals surface area contributed by atoms with Gasteiger partial charge >= 0.3 is 0 Å². The maximum atomic E-state index is 6.17. The maximum Gasteiger partial charge on any atom is 0.294 e. The zero-order chi connectivity index (χ0) is 14.3. The molecule has 0 bridgehead atoms. The van der Waals surface area contributed by atoms with Gasteiger partial charge in [0.25, 0.3) is 8.38 Å². The van der Waals surface area contributed by atoms with Crippen molar-refractivity contribution in [1.29, 1.82) is 0 Å². The van der Waals surface area contributed by atoms with E-state index >= 15 is 0 Å². The summed E-state index contributed by atoms with van der Waals surface area (Å²) in [4.78, 5) is 0. The third kappa shape index (κ3) is 4.09. The Morgan fingerprint density at radius 2 is 1.33 bits per heavy atom. The summed E-state index contributed by atoms with van der Waals surface area (Å²) in [6, 6.07) is 19.9. The van der Waals surface area contributed by atoms with Crippen LogP contribution < -0.4 is 9.05 Å². The van der Waals surface area contributed by atoms with E-state index in [1.54, 1.807) is 0 Å². The van der Waals surface area contributed by atoms with Gasteiger partial charge in [0.2, 0.25) is 0 Å². The lowest BCUT2D eigenvalue weighted by atomic mass is 10.1. The molecule has 2 nitrogen and oxygen atoms in total. The van der Waals surface area contributed by atoms with E-state index in [0.29, 0.717) is 5.66 Å². The Kier molecular flexibility index (Phi) is 4.91. The van der Waals surface area contributed by atoms with Crippen LogP contribution in [0.1, 0.15) is 19.3 Å². The Morgan fingerprint density at radius 1 is 0.762 bits per heavy atom. The van der Waals surface area contributed by atoms with Gasteiger partial charge in [0, 0.05) is 0 Å². The maximum absolute atomic E-state index is 6.17. The van der Waals surface area contributed by atoms with Crippen molar-refractivity contribution in [3.63, 3.8) is 0 Å². The first kappa shape index (κ1) is 14.2. The number of benzene rings is 2. The highest BCUT2D eigenvalue weighted by Gasteiger charge is 2.27. The molecule has 0 N–H and O–H groups in total. The Labute approximate surface area is 127 Å². The standard InChI is InChI=1S/C18H19O2P/c1-4-10-16(11-5-1)19-21(18-14-8-3-9-15-18)20-17-12-6-2-7-13-17/h1-8,10-13,18H,9,14-15H2. The van der Waals surface area contributed by atoms with Gasteiger partial charge < -0.3 is 9.05 Å². The summed E-state index contributed by atoms with van der Waals surface area (Å²) in [6.45, 7) is 0. The monoisotopic (exact) mass is 298 g/mol. The summed E-state index contributed by atoms with van der Waals surface area (Å²) in [5.41, 5.74) is 0.449. The van der Waals surface area contributed by atoms with Crippen molar-refractivity contribution >= 4 is 8.38 Å². The second-order valence-electron chi connectivity index (χ2n) is 5.03. The molecular weight excluding hydrogens is 279 g/mol. The second kappa shape index (κ2) is 7.28. The topological polar surface area (TPSA) is 18.5 Å². The van der Waals surface area contributed by atoms with E-state index in [4.69, 9.17) is 9.05 Å². The van der Waals surface area contributed by atoms with Crippen LogP contribution in [-0.2, 0) is 0 Å². The van der Waals surface area contributed by atoms with Crippen molar-refractivity contribution in [2.75, 3.05) is 0 Å². The first-order valence-electron chi connectivity index (χ1n) is 7.32. The van der Waals surface area contributed by atoms with E-state index in [9.17, 15) is 0 Å². The van der Waals surface area contributed by atoms with E-state index < -0.39 is 8.38 Å². The molecule has 2 aromatic rings. The fraction of sp³-hybridized carbons (Fsp3) is 0.222. The zero-order valence-corrected chi connectivity index (χ0v) is 12.8. The molecule has 1 aliphatic carbocycles. The molecule has 3 heteroatoms. The Morgan fingerprint density at radius 3 is 1.81 bits per heavy atom. The van der Waals surface area contributed by atoms with Gasteiger partial charge in [-0.3, -0.25) is 0 Å². The van der Waals surface area contributed by atoms with Crippen LogP contribution in [0.5, 0.6) is 11.5 Å². The van der Waals surface area contributed by atoms with E-state index in [1.807, 2.05) is 60.7 Å². The average Bonchev–Trinajstić information content (AvgIpc) is 2.57. The van der Waals surface area contributed by atoms with Gasteiger partial charge in [0.05, 0.1) is 5.66 Å². The third-order valence-corrected chi connectivity index (χ3v) is 5.26. The van der Waals surface area contributed by atoms with Gasteiger partial charge in [-0.15, -0.1) is 0 Å². The summed E-state index contributed by atoms with van der Waals surface area (Å²) in [5, 5.41) is 0. The van der Waals surface area contributed by atoms with Crippen LogP contribution in [-0.4, -0.2) is 5.66 Å². The number of para-hydroxylation sites is 2. The summed E-state index contributed by atoms with van der Waals surface area (Å²) < 4.78 is 12.3. The highest BCUT2D eigenvalue weighted by atomic mass is 31.2. The molecule has 1 atom stereocenters. The van der Waals surface area contributed by atoms with Crippen molar-refractivity contribution in [3.05, 3.63) is 72.8 Å². The van der Waals surface area contributed by atoms with E-state index in [2.05, 4.69) is 12.2 Å². The van der Waals surface area contributed by atoms with Gasteiger partial charge in [-0.05, 0) is 43.5 Å². The average molecular weight is 298 g/mol. The summed E-state index contributed by atoms with van der Waals surface area (Å²) >= 11 is 0. The molecule has 108 valence electrons. The molecule has 1 unspecified atom stereocenters. The molecule has 21 heavy (non-hydrogen) atoms. The van der Waals surface area contributed by atoms with Crippen LogP contribution in [0.4, 0.5) is 0 Å². The lowest BCUT2D eigenvalue weighted by Crippen LogP contribution is -2.14. The van der Waals surface area contributed by atoms with E-state index in [1.165, 1.54) is 0 Å². The molecule has 0 saturated carbocycles. The predicted molar refractivity (Wildman–Crippen MR) is 87.8 cm³/mol. The van der Waals surface area contributed by atoms with Crippen molar-refractivity contribution in [2.45, 2.75) is 24.9 Å². The third-order valence-electron chi connectivity index (χ3n) is 3.42. The fourth-order valence-corrected chi connectivity index (χ4v) is 3.96. The van der Waals surface area contributed by atoms with Crippen LogP contribution in [0, 0.1) is 0 Å². The molecular formula is C18H19O2P. The molecule has 2 aromatic carbocycles. The number of rotatable bonds is 5.